The summed E-state index contributed by atoms with van der Waals surface area (Å²) in [7, 11) is 2.02. The molecule has 2 N–H and O–H groups in total. The van der Waals surface area contributed by atoms with Crippen LogP contribution in [0.25, 0.3) is 22.2 Å². The number of aryl methyl sites for hydroxylation is 1. The van der Waals surface area contributed by atoms with Crippen LogP contribution in [-0.4, -0.2) is 20.6 Å². The molecule has 0 fully saturated rings. The Labute approximate surface area is 129 Å². The molecule has 0 aliphatic rings. The fourth-order valence-corrected chi connectivity index (χ4v) is 3.29. The molecule has 0 atom stereocenters. The normalized spacial score (nSPS) is 11.2. The lowest BCUT2D eigenvalue weighted by atomic mass is 9.98. The zero-order valence-corrected chi connectivity index (χ0v) is 13.1. The highest BCUT2D eigenvalue weighted by Crippen LogP contribution is 2.34. The Morgan fingerprint density at radius 3 is 2.55 bits per heavy atom. The summed E-state index contributed by atoms with van der Waals surface area (Å²) in [6.07, 6.45) is 3.55. The molecule has 3 aromatic rings. The van der Waals surface area contributed by atoms with Gasteiger partial charge in [0, 0.05) is 29.7 Å². The zero-order valence-electron chi connectivity index (χ0n) is 13.1. The molecule has 0 saturated carbocycles. The average molecular weight is 296 g/mol. The second-order valence-corrected chi connectivity index (χ2v) is 5.51. The Morgan fingerprint density at radius 1 is 1.18 bits per heavy atom. The van der Waals surface area contributed by atoms with Crippen LogP contribution in [-0.2, 0) is 19.9 Å². The Morgan fingerprint density at radius 2 is 1.91 bits per heavy atom. The topological polar surface area (TPSA) is 58.0 Å². The summed E-state index contributed by atoms with van der Waals surface area (Å²) < 4.78 is 2.08. The van der Waals surface area contributed by atoms with Crippen molar-refractivity contribution in [3.05, 3.63) is 47.3 Å². The summed E-state index contributed by atoms with van der Waals surface area (Å²) in [5.74, 6) is -0.891. The lowest BCUT2D eigenvalue weighted by molar-refractivity contribution is 0.0690. The van der Waals surface area contributed by atoms with Crippen LogP contribution in [0.4, 0.5) is 0 Å². The molecule has 2 heterocycles. The van der Waals surface area contributed by atoms with Gasteiger partial charge in [-0.05, 0) is 36.1 Å². The third-order valence-corrected chi connectivity index (χ3v) is 4.34. The lowest BCUT2D eigenvalue weighted by Crippen LogP contribution is -2.01. The molecular weight excluding hydrogens is 276 g/mol. The molecule has 0 amide bonds. The Bertz CT molecular complexity index is 855. The fourth-order valence-electron chi connectivity index (χ4n) is 3.29. The molecule has 4 heteroatoms. The summed E-state index contributed by atoms with van der Waals surface area (Å²) in [4.78, 5) is 14.7. The number of aromatic carboxylic acids is 1. The van der Waals surface area contributed by atoms with Gasteiger partial charge in [0.2, 0.25) is 0 Å². The predicted octanol–water partition coefficient (Wildman–Crippen LogP) is 4.00. The second-order valence-electron chi connectivity index (χ2n) is 5.51. The first-order valence-electron chi connectivity index (χ1n) is 7.59. The first kappa shape index (κ1) is 14.4. The van der Waals surface area contributed by atoms with Crippen LogP contribution in [0.1, 0.15) is 35.5 Å². The molecular formula is C18H20N2O2. The number of rotatable bonds is 4. The maximum Gasteiger partial charge on any atom is 0.352 e. The number of nitrogens with zero attached hydrogens (tertiary/aromatic N) is 1. The van der Waals surface area contributed by atoms with E-state index in [4.69, 9.17) is 0 Å². The van der Waals surface area contributed by atoms with Gasteiger partial charge < -0.3 is 14.7 Å². The number of fused-ring (bicyclic) bond motifs is 1. The van der Waals surface area contributed by atoms with Crippen molar-refractivity contribution in [3.63, 3.8) is 0 Å². The maximum atomic E-state index is 11.5. The number of carboxylic acids is 1. The molecule has 0 aliphatic carbocycles. The van der Waals surface area contributed by atoms with Gasteiger partial charge in [-0.3, -0.25) is 0 Å². The fraction of sp³-hybridized carbons (Fsp3) is 0.278. The van der Waals surface area contributed by atoms with Crippen molar-refractivity contribution in [2.24, 2.45) is 7.05 Å². The molecule has 0 aliphatic heterocycles. The molecule has 114 valence electrons. The number of hydrogen-bond acceptors (Lipinski definition) is 1. The molecule has 0 saturated heterocycles. The van der Waals surface area contributed by atoms with E-state index in [0.717, 1.165) is 39.7 Å². The molecule has 2 aromatic heterocycles. The first-order valence-corrected chi connectivity index (χ1v) is 7.59. The van der Waals surface area contributed by atoms with Crippen molar-refractivity contribution in [3.8, 4) is 11.3 Å². The quantitative estimate of drug-likeness (QED) is 0.764. The number of nitrogens with one attached hydrogen (secondary N) is 1. The van der Waals surface area contributed by atoms with Gasteiger partial charge in [-0.15, -0.1) is 0 Å². The van der Waals surface area contributed by atoms with Gasteiger partial charge >= 0.3 is 5.97 Å². The van der Waals surface area contributed by atoms with Crippen LogP contribution in [0, 0.1) is 0 Å². The Balaban J connectivity index is 2.33. The van der Waals surface area contributed by atoms with E-state index in [1.807, 2.05) is 26.2 Å². The average Bonchev–Trinajstić information content (AvgIpc) is 3.07. The number of hydrogen-bond donors (Lipinski definition) is 2. The maximum absolute atomic E-state index is 11.5. The highest BCUT2D eigenvalue weighted by atomic mass is 16.4. The third-order valence-electron chi connectivity index (χ3n) is 4.34. The number of carbonyl (C=O) groups is 1. The van der Waals surface area contributed by atoms with Crippen molar-refractivity contribution < 1.29 is 9.90 Å². The number of aromatic nitrogens is 2. The highest BCUT2D eigenvalue weighted by molar-refractivity contribution is 5.97. The van der Waals surface area contributed by atoms with E-state index in [-0.39, 0.29) is 0 Å². The summed E-state index contributed by atoms with van der Waals surface area (Å²) in [5.41, 5.74) is 5.49. The summed E-state index contributed by atoms with van der Waals surface area (Å²) in [6.45, 7) is 4.07. The molecule has 0 unspecified atom stereocenters. The highest BCUT2D eigenvalue weighted by Gasteiger charge is 2.21. The minimum atomic E-state index is -0.891. The number of H-pyrrole nitrogens is 1. The Kier molecular flexibility index (Phi) is 3.53. The van der Waals surface area contributed by atoms with Crippen LogP contribution in [0.2, 0.25) is 0 Å². The van der Waals surface area contributed by atoms with Gasteiger partial charge in [0.1, 0.15) is 5.69 Å². The standard InChI is InChI=1S/C18H20N2O2/c1-4-11-12(5-2)17(18(21)22)19-16(11)14-7-6-8-15-13(14)9-10-20(15)3/h6-10,19H,4-5H2,1-3H3,(H,21,22). The van der Waals surface area contributed by atoms with Crippen molar-refractivity contribution in [1.29, 1.82) is 0 Å². The van der Waals surface area contributed by atoms with E-state index in [1.54, 1.807) is 0 Å². The van der Waals surface area contributed by atoms with Crippen LogP contribution >= 0.6 is 0 Å². The smallest absolute Gasteiger partial charge is 0.352 e. The minimum Gasteiger partial charge on any atom is -0.477 e. The second kappa shape index (κ2) is 5.37. The summed E-state index contributed by atoms with van der Waals surface area (Å²) in [6, 6.07) is 8.23. The first-order chi connectivity index (χ1) is 10.6. The van der Waals surface area contributed by atoms with E-state index < -0.39 is 5.97 Å². The van der Waals surface area contributed by atoms with Gasteiger partial charge in [-0.25, -0.2) is 4.79 Å². The molecule has 0 bridgehead atoms. The molecule has 4 nitrogen and oxygen atoms in total. The largest absolute Gasteiger partial charge is 0.477 e. The van der Waals surface area contributed by atoms with Gasteiger partial charge in [0.05, 0.1) is 5.69 Å². The van der Waals surface area contributed by atoms with E-state index in [9.17, 15) is 9.90 Å². The molecule has 0 radical (unpaired) electrons. The predicted molar refractivity (Wildman–Crippen MR) is 88.4 cm³/mol. The summed E-state index contributed by atoms with van der Waals surface area (Å²) >= 11 is 0. The van der Waals surface area contributed by atoms with Crippen molar-refractivity contribution in [1.82, 2.24) is 9.55 Å². The Hall–Kier alpha value is -2.49. The van der Waals surface area contributed by atoms with Crippen molar-refractivity contribution in [2.75, 3.05) is 0 Å². The van der Waals surface area contributed by atoms with E-state index in [0.29, 0.717) is 12.1 Å². The van der Waals surface area contributed by atoms with Crippen molar-refractivity contribution in [2.45, 2.75) is 26.7 Å². The molecule has 3 rings (SSSR count). The molecule has 1 aromatic carbocycles. The molecule has 22 heavy (non-hydrogen) atoms. The van der Waals surface area contributed by atoms with Crippen LogP contribution < -0.4 is 0 Å². The lowest BCUT2D eigenvalue weighted by Gasteiger charge is -2.06. The summed E-state index contributed by atoms with van der Waals surface area (Å²) in [5, 5.41) is 10.6. The number of benzene rings is 1. The van der Waals surface area contributed by atoms with Gasteiger partial charge in [-0.2, -0.15) is 0 Å². The van der Waals surface area contributed by atoms with Crippen molar-refractivity contribution >= 4 is 16.9 Å². The van der Waals surface area contributed by atoms with Crippen LogP contribution in [0.5, 0.6) is 0 Å². The van der Waals surface area contributed by atoms with E-state index >= 15 is 0 Å². The third kappa shape index (κ3) is 2.03. The van der Waals surface area contributed by atoms with Gasteiger partial charge in [-0.1, -0.05) is 26.0 Å². The van der Waals surface area contributed by atoms with Crippen LogP contribution in [0.3, 0.4) is 0 Å². The minimum absolute atomic E-state index is 0.322. The number of aromatic amines is 1. The molecule has 0 spiro atoms. The monoisotopic (exact) mass is 296 g/mol. The van der Waals surface area contributed by atoms with Crippen LogP contribution in [0.15, 0.2) is 30.5 Å². The van der Waals surface area contributed by atoms with Gasteiger partial charge in [0.25, 0.3) is 0 Å². The van der Waals surface area contributed by atoms with Gasteiger partial charge in [0.15, 0.2) is 0 Å². The van der Waals surface area contributed by atoms with E-state index in [2.05, 4.69) is 34.7 Å². The SMILES string of the molecule is CCc1c(C(=O)O)[nH]c(-c2cccc3c2ccn3C)c1CC. The number of carboxylic acid groups (broad SMARTS) is 1. The van der Waals surface area contributed by atoms with E-state index in [1.165, 1.54) is 0 Å². The zero-order chi connectivity index (χ0) is 15.9.